The summed E-state index contributed by atoms with van der Waals surface area (Å²) >= 11 is 0. The smallest absolute Gasteiger partial charge is 0.338 e. The van der Waals surface area contributed by atoms with Crippen LogP contribution in [0.25, 0.3) is 0 Å². The van der Waals surface area contributed by atoms with E-state index < -0.39 is 29.4 Å². The number of hydrogen-bond acceptors (Lipinski definition) is 7. The molecule has 3 amide bonds. The number of hydrogen-bond donors (Lipinski definition) is 2. The third kappa shape index (κ3) is 6.44. The summed E-state index contributed by atoms with van der Waals surface area (Å²) < 4.78 is 9.98. The summed E-state index contributed by atoms with van der Waals surface area (Å²) in [7, 11) is 0. The number of carbonyl (C=O) groups excluding carboxylic acids is 3. The molecule has 0 heterocycles. The number of nitro groups is 1. The first-order valence-corrected chi connectivity index (χ1v) is 9.50. The lowest BCUT2D eigenvalue weighted by Crippen LogP contribution is -2.48. The van der Waals surface area contributed by atoms with Gasteiger partial charge in [-0.1, -0.05) is 19.8 Å². The number of esters is 1. The van der Waals surface area contributed by atoms with Crippen molar-refractivity contribution in [2.45, 2.75) is 45.6 Å². The van der Waals surface area contributed by atoms with Crippen molar-refractivity contribution in [3.63, 3.8) is 0 Å². The van der Waals surface area contributed by atoms with Gasteiger partial charge in [0.05, 0.1) is 17.1 Å². The summed E-state index contributed by atoms with van der Waals surface area (Å²) in [6.07, 6.45) is 4.02. The lowest BCUT2D eigenvalue weighted by molar-refractivity contribution is -0.385. The Morgan fingerprint density at radius 1 is 1.24 bits per heavy atom. The molecule has 10 heteroatoms. The number of benzene rings is 1. The molecule has 0 unspecified atom stereocenters. The fourth-order valence-corrected chi connectivity index (χ4v) is 3.18. The predicted octanol–water partition coefficient (Wildman–Crippen LogP) is 2.55. The van der Waals surface area contributed by atoms with Gasteiger partial charge in [0.1, 0.15) is 0 Å². The molecule has 1 aliphatic rings. The van der Waals surface area contributed by atoms with Crippen LogP contribution in [0, 0.1) is 16.0 Å². The largest absolute Gasteiger partial charge is 0.487 e. The Bertz CT molecular complexity index is 781. The average Bonchev–Trinajstić information content (AvgIpc) is 2.68. The molecule has 2 atom stereocenters. The molecule has 29 heavy (non-hydrogen) atoms. The average molecular weight is 407 g/mol. The molecule has 1 fully saturated rings. The van der Waals surface area contributed by atoms with E-state index in [0.717, 1.165) is 31.7 Å². The maximum absolute atomic E-state index is 12.1. The number of rotatable bonds is 7. The van der Waals surface area contributed by atoms with Gasteiger partial charge in [0.15, 0.2) is 12.4 Å². The summed E-state index contributed by atoms with van der Waals surface area (Å²) in [4.78, 5) is 46.3. The van der Waals surface area contributed by atoms with Crippen molar-refractivity contribution in [1.82, 2.24) is 10.6 Å². The van der Waals surface area contributed by atoms with E-state index in [0.29, 0.717) is 5.92 Å². The van der Waals surface area contributed by atoms with Gasteiger partial charge in [-0.15, -0.1) is 0 Å². The zero-order valence-corrected chi connectivity index (χ0v) is 16.4. The Balaban J connectivity index is 1.86. The molecule has 0 aromatic heterocycles. The minimum absolute atomic E-state index is 0.00324. The number of imide groups is 1. The first-order valence-electron chi connectivity index (χ1n) is 9.50. The summed E-state index contributed by atoms with van der Waals surface area (Å²) in [6, 6.07) is 2.97. The van der Waals surface area contributed by atoms with Gasteiger partial charge in [0.2, 0.25) is 0 Å². The van der Waals surface area contributed by atoms with Gasteiger partial charge in [-0.2, -0.15) is 0 Å². The Morgan fingerprint density at radius 3 is 2.62 bits per heavy atom. The van der Waals surface area contributed by atoms with E-state index in [2.05, 4.69) is 10.6 Å². The van der Waals surface area contributed by atoms with E-state index in [-0.39, 0.29) is 29.6 Å². The lowest BCUT2D eigenvalue weighted by Gasteiger charge is -2.29. The van der Waals surface area contributed by atoms with Crippen LogP contribution in [0.1, 0.15) is 49.9 Å². The SMILES string of the molecule is CCOc1ccc(C(=O)OCC(=O)NC(=O)N[C@H]2CCCC[C@H]2C)cc1[N+](=O)[O-]. The molecule has 0 radical (unpaired) electrons. The zero-order chi connectivity index (χ0) is 21.4. The molecule has 2 N–H and O–H groups in total. The van der Waals surface area contributed by atoms with Crippen molar-refractivity contribution in [3.8, 4) is 5.75 Å². The number of amides is 3. The van der Waals surface area contributed by atoms with Gasteiger partial charge in [-0.05, 0) is 37.8 Å². The maximum atomic E-state index is 12.1. The van der Waals surface area contributed by atoms with Gasteiger partial charge in [-0.25, -0.2) is 9.59 Å². The highest BCUT2D eigenvalue weighted by Crippen LogP contribution is 2.28. The molecule has 1 aliphatic carbocycles. The molecule has 0 aliphatic heterocycles. The van der Waals surface area contributed by atoms with Crippen molar-refractivity contribution in [3.05, 3.63) is 33.9 Å². The monoisotopic (exact) mass is 407 g/mol. The Hall–Kier alpha value is -3.17. The second-order valence-electron chi connectivity index (χ2n) is 6.84. The van der Waals surface area contributed by atoms with Crippen LogP contribution in [-0.4, -0.2) is 42.1 Å². The fourth-order valence-electron chi connectivity index (χ4n) is 3.18. The van der Waals surface area contributed by atoms with Gasteiger partial charge in [0, 0.05) is 12.1 Å². The number of carbonyl (C=O) groups is 3. The minimum atomic E-state index is -0.924. The van der Waals surface area contributed by atoms with Crippen molar-refractivity contribution < 1.29 is 28.8 Å². The van der Waals surface area contributed by atoms with Crippen LogP contribution in [0.2, 0.25) is 0 Å². The van der Waals surface area contributed by atoms with Crippen molar-refractivity contribution >= 4 is 23.6 Å². The molecule has 0 spiro atoms. The third-order valence-electron chi connectivity index (χ3n) is 4.71. The van der Waals surface area contributed by atoms with Crippen molar-refractivity contribution in [2.75, 3.05) is 13.2 Å². The van der Waals surface area contributed by atoms with E-state index >= 15 is 0 Å². The van der Waals surface area contributed by atoms with Gasteiger partial charge in [0.25, 0.3) is 5.91 Å². The van der Waals surface area contributed by atoms with Crippen molar-refractivity contribution in [2.24, 2.45) is 5.92 Å². The van der Waals surface area contributed by atoms with Crippen LogP contribution in [-0.2, 0) is 9.53 Å². The number of urea groups is 1. The molecular formula is C19H25N3O7. The molecule has 10 nitrogen and oxygen atoms in total. The summed E-state index contributed by atoms with van der Waals surface area (Å²) in [5.74, 6) is -1.36. The van der Waals surface area contributed by atoms with Crippen LogP contribution in [0.3, 0.4) is 0 Å². The molecule has 1 aromatic carbocycles. The van der Waals surface area contributed by atoms with E-state index in [1.54, 1.807) is 6.92 Å². The molecule has 158 valence electrons. The Labute approximate surface area is 168 Å². The topological polar surface area (TPSA) is 137 Å². The third-order valence-corrected chi connectivity index (χ3v) is 4.71. The standard InChI is InChI=1S/C19H25N3O7/c1-3-28-16-9-8-13(10-15(16)22(26)27)18(24)29-11-17(23)21-19(25)20-14-7-5-4-6-12(14)2/h8-10,12,14H,3-7,11H2,1-2H3,(H2,20,21,23,25)/t12-,14+/m1/s1. The van der Waals surface area contributed by atoms with E-state index in [9.17, 15) is 24.5 Å². The van der Waals surface area contributed by atoms with Gasteiger partial charge >= 0.3 is 17.7 Å². The first-order chi connectivity index (χ1) is 13.8. The molecule has 0 saturated heterocycles. The molecule has 1 saturated carbocycles. The molecular weight excluding hydrogens is 382 g/mol. The normalized spacial score (nSPS) is 18.4. The highest BCUT2D eigenvalue weighted by atomic mass is 16.6. The summed E-state index contributed by atoms with van der Waals surface area (Å²) in [5.41, 5.74) is -0.486. The van der Waals surface area contributed by atoms with Gasteiger partial charge < -0.3 is 14.8 Å². The number of nitro benzene ring substituents is 1. The fraction of sp³-hybridized carbons (Fsp3) is 0.526. The summed E-state index contributed by atoms with van der Waals surface area (Å²) in [5, 5.41) is 16.0. The molecule has 2 rings (SSSR count). The van der Waals surface area contributed by atoms with Crippen LogP contribution in [0.5, 0.6) is 5.75 Å². The van der Waals surface area contributed by atoms with Gasteiger partial charge in [-0.3, -0.25) is 20.2 Å². The zero-order valence-electron chi connectivity index (χ0n) is 16.4. The molecule has 1 aromatic rings. The summed E-state index contributed by atoms with van der Waals surface area (Å²) in [6.45, 7) is 3.26. The van der Waals surface area contributed by atoms with Crippen molar-refractivity contribution in [1.29, 1.82) is 0 Å². The van der Waals surface area contributed by atoms with E-state index in [1.165, 1.54) is 12.1 Å². The number of nitrogens with one attached hydrogen (secondary N) is 2. The van der Waals surface area contributed by atoms with E-state index in [4.69, 9.17) is 9.47 Å². The predicted molar refractivity (Wildman–Crippen MR) is 103 cm³/mol. The van der Waals surface area contributed by atoms with E-state index in [1.807, 2.05) is 6.92 Å². The second-order valence-corrected chi connectivity index (χ2v) is 6.84. The maximum Gasteiger partial charge on any atom is 0.338 e. The highest BCUT2D eigenvalue weighted by Gasteiger charge is 2.24. The van der Waals surface area contributed by atoms with Crippen LogP contribution >= 0.6 is 0 Å². The van der Waals surface area contributed by atoms with Crippen LogP contribution in [0.15, 0.2) is 18.2 Å². The Morgan fingerprint density at radius 2 is 1.97 bits per heavy atom. The Kier molecular flexibility index (Phi) is 7.93. The number of ether oxygens (including phenoxy) is 2. The quantitative estimate of drug-likeness (QED) is 0.402. The highest BCUT2D eigenvalue weighted by molar-refractivity contribution is 5.97. The first kappa shape index (κ1) is 22.1. The number of nitrogens with zero attached hydrogens (tertiary/aromatic N) is 1. The minimum Gasteiger partial charge on any atom is -0.487 e. The van der Waals surface area contributed by atoms with Crippen LogP contribution < -0.4 is 15.4 Å². The molecule has 0 bridgehead atoms. The van der Waals surface area contributed by atoms with Crippen LogP contribution in [0.4, 0.5) is 10.5 Å². The second kappa shape index (κ2) is 10.4. The lowest BCUT2D eigenvalue weighted by atomic mass is 9.86.